The second-order valence-corrected chi connectivity index (χ2v) is 6.05. The third kappa shape index (κ3) is 2.37. The van der Waals surface area contributed by atoms with E-state index in [1.165, 1.54) is 0 Å². The molecule has 0 amide bonds. The minimum atomic E-state index is -0.775. The van der Waals surface area contributed by atoms with Crippen LogP contribution in [-0.2, 0) is 7.05 Å². The maximum Gasteiger partial charge on any atom is 0.134 e. The van der Waals surface area contributed by atoms with E-state index in [4.69, 9.17) is 23.2 Å². The van der Waals surface area contributed by atoms with Crippen LogP contribution in [0.1, 0.15) is 28.7 Å². The van der Waals surface area contributed by atoms with Crippen molar-refractivity contribution in [2.45, 2.75) is 20.0 Å². The zero-order valence-corrected chi connectivity index (χ0v) is 13.9. The number of hydrogen-bond acceptors (Lipinski definition) is 3. The van der Waals surface area contributed by atoms with Crippen LogP contribution in [0.3, 0.4) is 0 Å². The molecule has 0 saturated carbocycles. The van der Waals surface area contributed by atoms with Crippen molar-refractivity contribution < 1.29 is 5.11 Å². The fourth-order valence-electron chi connectivity index (χ4n) is 2.42. The SMILES string of the molecule is Cc1c(Cl)nc2ccc(C(O)c3cnc(C)n3C)cc2c1Cl. The highest BCUT2D eigenvalue weighted by atomic mass is 35.5. The summed E-state index contributed by atoms with van der Waals surface area (Å²) in [5, 5.41) is 12.3. The molecule has 1 unspecified atom stereocenters. The van der Waals surface area contributed by atoms with Gasteiger partial charge in [-0.3, -0.25) is 0 Å². The van der Waals surface area contributed by atoms with E-state index in [-0.39, 0.29) is 0 Å². The van der Waals surface area contributed by atoms with E-state index in [1.54, 1.807) is 6.20 Å². The molecule has 1 atom stereocenters. The summed E-state index contributed by atoms with van der Waals surface area (Å²) < 4.78 is 1.86. The summed E-state index contributed by atoms with van der Waals surface area (Å²) in [6, 6.07) is 5.49. The third-order valence-electron chi connectivity index (χ3n) is 3.97. The zero-order chi connectivity index (χ0) is 16.0. The second kappa shape index (κ2) is 5.54. The third-order valence-corrected chi connectivity index (χ3v) is 4.82. The lowest BCUT2D eigenvalue weighted by molar-refractivity contribution is 0.211. The molecule has 3 rings (SSSR count). The lowest BCUT2D eigenvalue weighted by Gasteiger charge is -2.14. The Morgan fingerprint density at radius 3 is 2.59 bits per heavy atom. The summed E-state index contributed by atoms with van der Waals surface area (Å²) in [5.74, 6) is 0.845. The van der Waals surface area contributed by atoms with Crippen molar-refractivity contribution in [1.82, 2.24) is 14.5 Å². The summed E-state index contributed by atoms with van der Waals surface area (Å²) >= 11 is 12.4. The number of aryl methyl sites for hydroxylation is 1. The molecule has 6 heteroatoms. The van der Waals surface area contributed by atoms with Crippen molar-refractivity contribution in [3.8, 4) is 0 Å². The highest BCUT2D eigenvalue weighted by molar-refractivity contribution is 6.39. The Bertz CT molecular complexity index is 873. The molecule has 3 aromatic rings. The van der Waals surface area contributed by atoms with Crippen molar-refractivity contribution in [2.24, 2.45) is 7.05 Å². The van der Waals surface area contributed by atoms with Gasteiger partial charge in [0.05, 0.1) is 22.4 Å². The van der Waals surface area contributed by atoms with E-state index < -0.39 is 6.10 Å². The molecule has 0 spiro atoms. The molecule has 1 aromatic carbocycles. The van der Waals surface area contributed by atoms with E-state index in [0.29, 0.717) is 15.7 Å². The summed E-state index contributed by atoms with van der Waals surface area (Å²) in [5.41, 5.74) is 2.91. The van der Waals surface area contributed by atoms with Gasteiger partial charge in [-0.2, -0.15) is 0 Å². The number of imidazole rings is 1. The maximum absolute atomic E-state index is 10.6. The highest BCUT2D eigenvalue weighted by Crippen LogP contribution is 2.33. The topological polar surface area (TPSA) is 50.9 Å². The minimum absolute atomic E-state index is 0.396. The number of pyridine rings is 1. The van der Waals surface area contributed by atoms with E-state index in [9.17, 15) is 5.11 Å². The van der Waals surface area contributed by atoms with Crippen molar-refractivity contribution >= 4 is 34.1 Å². The standard InChI is InChI=1S/C16H15Cl2N3O/c1-8-14(17)11-6-10(4-5-12(11)20-16(8)18)15(22)13-7-19-9(2)21(13)3/h4-7,15,22H,1-3H3. The van der Waals surface area contributed by atoms with Crippen LogP contribution in [0.25, 0.3) is 10.9 Å². The molecule has 2 heterocycles. The van der Waals surface area contributed by atoms with Gasteiger partial charge in [-0.25, -0.2) is 9.97 Å². The normalized spacial score (nSPS) is 12.8. The summed E-state index contributed by atoms with van der Waals surface area (Å²) in [7, 11) is 1.88. The number of aliphatic hydroxyl groups excluding tert-OH is 1. The Hall–Kier alpha value is -1.62. The van der Waals surface area contributed by atoms with Crippen molar-refractivity contribution in [2.75, 3.05) is 0 Å². The quantitative estimate of drug-likeness (QED) is 0.721. The Kier molecular flexibility index (Phi) is 3.85. The molecular formula is C16H15Cl2N3O. The van der Waals surface area contributed by atoms with Gasteiger partial charge in [0.1, 0.15) is 17.1 Å². The number of nitrogens with zero attached hydrogens (tertiary/aromatic N) is 3. The molecule has 0 aliphatic heterocycles. The molecule has 0 fully saturated rings. The van der Waals surface area contributed by atoms with Crippen molar-refractivity contribution in [1.29, 1.82) is 0 Å². The summed E-state index contributed by atoms with van der Waals surface area (Å²) in [6.07, 6.45) is 0.902. The first-order valence-corrected chi connectivity index (χ1v) is 7.57. The van der Waals surface area contributed by atoms with Gasteiger partial charge in [0.2, 0.25) is 0 Å². The van der Waals surface area contributed by atoms with E-state index in [0.717, 1.165) is 28.0 Å². The Morgan fingerprint density at radius 1 is 1.23 bits per heavy atom. The molecule has 0 aliphatic rings. The summed E-state index contributed by atoms with van der Waals surface area (Å²) in [6.45, 7) is 3.72. The lowest BCUT2D eigenvalue weighted by Crippen LogP contribution is -2.06. The first-order valence-electron chi connectivity index (χ1n) is 6.81. The molecule has 1 N–H and O–H groups in total. The van der Waals surface area contributed by atoms with Gasteiger partial charge in [-0.15, -0.1) is 0 Å². The molecule has 22 heavy (non-hydrogen) atoms. The Labute approximate surface area is 138 Å². The van der Waals surface area contributed by atoms with Crippen LogP contribution in [0.5, 0.6) is 0 Å². The number of halogens is 2. The number of aromatic nitrogens is 3. The Morgan fingerprint density at radius 2 is 1.95 bits per heavy atom. The molecule has 2 aromatic heterocycles. The second-order valence-electron chi connectivity index (χ2n) is 5.31. The predicted octanol–water partition coefficient (Wildman–Crippen LogP) is 3.97. The van der Waals surface area contributed by atoms with Crippen LogP contribution in [0.2, 0.25) is 10.2 Å². The number of rotatable bonds is 2. The van der Waals surface area contributed by atoms with Gasteiger partial charge in [0.25, 0.3) is 0 Å². The molecule has 0 saturated heterocycles. The average Bonchev–Trinajstić information content (AvgIpc) is 2.84. The van der Waals surface area contributed by atoms with Gasteiger partial charge in [0.15, 0.2) is 0 Å². The van der Waals surface area contributed by atoms with Crippen molar-refractivity contribution in [3.63, 3.8) is 0 Å². The van der Waals surface area contributed by atoms with Crippen LogP contribution in [0.15, 0.2) is 24.4 Å². The largest absolute Gasteiger partial charge is 0.382 e. The molecule has 0 aliphatic carbocycles. The smallest absolute Gasteiger partial charge is 0.134 e. The number of aliphatic hydroxyl groups is 1. The highest BCUT2D eigenvalue weighted by Gasteiger charge is 2.17. The summed E-state index contributed by atoms with van der Waals surface area (Å²) in [4.78, 5) is 8.53. The maximum atomic E-state index is 10.6. The van der Waals surface area contributed by atoms with Crippen LogP contribution in [-0.4, -0.2) is 19.6 Å². The lowest BCUT2D eigenvalue weighted by atomic mass is 10.0. The first kappa shape index (κ1) is 15.3. The fraction of sp³-hybridized carbons (Fsp3) is 0.250. The molecule has 0 radical (unpaired) electrons. The van der Waals surface area contributed by atoms with Gasteiger partial charge in [-0.1, -0.05) is 29.3 Å². The van der Waals surface area contributed by atoms with Gasteiger partial charge in [-0.05, 0) is 31.5 Å². The van der Waals surface area contributed by atoms with Gasteiger partial charge in [0, 0.05) is 18.0 Å². The van der Waals surface area contributed by atoms with Crippen LogP contribution in [0, 0.1) is 13.8 Å². The van der Waals surface area contributed by atoms with Gasteiger partial charge >= 0.3 is 0 Å². The van der Waals surface area contributed by atoms with E-state index >= 15 is 0 Å². The van der Waals surface area contributed by atoms with E-state index in [1.807, 2.05) is 43.7 Å². The number of fused-ring (bicyclic) bond motifs is 1. The van der Waals surface area contributed by atoms with Crippen LogP contribution >= 0.6 is 23.2 Å². The fourth-order valence-corrected chi connectivity index (χ4v) is 2.90. The zero-order valence-electron chi connectivity index (χ0n) is 12.4. The van der Waals surface area contributed by atoms with E-state index in [2.05, 4.69) is 9.97 Å². The first-order chi connectivity index (χ1) is 10.4. The van der Waals surface area contributed by atoms with Gasteiger partial charge < -0.3 is 9.67 Å². The molecule has 4 nitrogen and oxygen atoms in total. The molecule has 114 valence electrons. The number of hydrogen-bond donors (Lipinski definition) is 1. The molecule has 0 bridgehead atoms. The number of benzene rings is 1. The minimum Gasteiger partial charge on any atom is -0.382 e. The van der Waals surface area contributed by atoms with Crippen LogP contribution < -0.4 is 0 Å². The predicted molar refractivity (Wildman–Crippen MR) is 88.5 cm³/mol. The van der Waals surface area contributed by atoms with Crippen LogP contribution in [0.4, 0.5) is 0 Å². The Balaban J connectivity index is 2.14. The van der Waals surface area contributed by atoms with Crippen molar-refractivity contribution in [3.05, 3.63) is 57.2 Å². The monoisotopic (exact) mass is 335 g/mol. The average molecular weight is 336 g/mol. The molecular weight excluding hydrogens is 321 g/mol.